The van der Waals surface area contributed by atoms with Gasteiger partial charge >= 0.3 is 0 Å². The van der Waals surface area contributed by atoms with Crippen molar-refractivity contribution in [1.29, 1.82) is 0 Å². The first-order valence-corrected chi connectivity index (χ1v) is 2.61. The second kappa shape index (κ2) is 5.14. The minimum atomic E-state index is 0. The van der Waals surface area contributed by atoms with Crippen LogP contribution in [-0.2, 0) is 0 Å². The molecule has 47 valence electrons. The first-order valence-electron chi connectivity index (χ1n) is 2.61. The number of rotatable bonds is 2. The molecular formula is C6H13OPr-. The Labute approximate surface area is 84.8 Å². The fraction of sp³-hybridized carbons (Fsp3) is 0.833. The summed E-state index contributed by atoms with van der Waals surface area (Å²) >= 11 is 0. The number of aliphatic hydroxyl groups is 1. The van der Waals surface area contributed by atoms with E-state index < -0.39 is 0 Å². The summed E-state index contributed by atoms with van der Waals surface area (Å²) in [6.45, 7) is 7.28. The Hall–Kier alpha value is 1.32. The number of hydrogen-bond acceptors (Lipinski definition) is 1. The van der Waals surface area contributed by atoms with Crippen molar-refractivity contribution in [1.82, 2.24) is 0 Å². The van der Waals surface area contributed by atoms with E-state index in [2.05, 4.69) is 0 Å². The summed E-state index contributed by atoms with van der Waals surface area (Å²) in [5.74, 6) is 0. The average Bonchev–Trinajstić information content (AvgIpc) is 1.68. The molecule has 0 aliphatic heterocycles. The van der Waals surface area contributed by atoms with Gasteiger partial charge < -0.3 is 5.11 Å². The van der Waals surface area contributed by atoms with Crippen LogP contribution in [0.4, 0.5) is 0 Å². The fourth-order valence-electron chi connectivity index (χ4n) is 0.0913. The van der Waals surface area contributed by atoms with Crippen molar-refractivity contribution < 1.29 is 46.4 Å². The molecule has 0 aromatic heterocycles. The largest absolute Gasteiger partial charge is 0.565 e. The van der Waals surface area contributed by atoms with Gasteiger partial charge in [0.25, 0.3) is 0 Å². The van der Waals surface area contributed by atoms with Gasteiger partial charge in [-0.25, -0.2) is 6.61 Å². The third-order valence-electron chi connectivity index (χ3n) is 1.26. The molecule has 2 heteroatoms. The van der Waals surface area contributed by atoms with Crippen molar-refractivity contribution >= 4 is 0 Å². The smallest absolute Gasteiger partial charge is 0 e. The maximum atomic E-state index is 8.47. The van der Waals surface area contributed by atoms with Crippen molar-refractivity contribution in [2.24, 2.45) is 5.41 Å². The standard InChI is InChI=1S/C6H13O.Pr/c1-4-6(2,3)5-7;/h5,7H,4H2,1-3H3;/q-1;. The molecule has 0 aromatic carbocycles. The molecule has 0 aliphatic rings. The molecule has 0 heterocycles. The Kier molecular flexibility index (Phi) is 7.73. The molecule has 0 saturated heterocycles. The summed E-state index contributed by atoms with van der Waals surface area (Å²) in [6, 6.07) is 0. The summed E-state index contributed by atoms with van der Waals surface area (Å²) in [5, 5.41) is 8.47. The van der Waals surface area contributed by atoms with Crippen molar-refractivity contribution in [2.45, 2.75) is 27.2 Å². The first-order chi connectivity index (χ1) is 3.12. The topological polar surface area (TPSA) is 20.2 Å². The Morgan fingerprint density at radius 3 is 1.88 bits per heavy atom. The van der Waals surface area contributed by atoms with Gasteiger partial charge in [0.05, 0.1) is 0 Å². The minimum absolute atomic E-state index is 0. The van der Waals surface area contributed by atoms with Gasteiger partial charge in [0.1, 0.15) is 0 Å². The van der Waals surface area contributed by atoms with E-state index in [1.807, 2.05) is 20.8 Å². The predicted molar refractivity (Wildman–Crippen MR) is 30.3 cm³/mol. The van der Waals surface area contributed by atoms with Crippen LogP contribution >= 0.6 is 0 Å². The molecule has 0 spiro atoms. The summed E-state index contributed by atoms with van der Waals surface area (Å²) in [4.78, 5) is 0. The molecular weight excluding hydrogens is 229 g/mol. The van der Waals surface area contributed by atoms with Crippen LogP contribution in [0.25, 0.3) is 0 Å². The van der Waals surface area contributed by atoms with E-state index in [0.29, 0.717) is 0 Å². The van der Waals surface area contributed by atoms with Gasteiger partial charge in [0.15, 0.2) is 0 Å². The van der Waals surface area contributed by atoms with Crippen LogP contribution in [-0.4, -0.2) is 5.11 Å². The maximum Gasteiger partial charge on any atom is 0 e. The van der Waals surface area contributed by atoms with Crippen LogP contribution in [0.3, 0.4) is 0 Å². The van der Waals surface area contributed by atoms with Crippen molar-refractivity contribution in [3.8, 4) is 0 Å². The SMILES string of the molecule is CCC(C)(C)[CH-]O.[Pr]. The Balaban J connectivity index is 0. The molecule has 0 saturated carbocycles. The summed E-state index contributed by atoms with van der Waals surface area (Å²) < 4.78 is 0. The normalized spacial score (nSPS) is 10.5. The van der Waals surface area contributed by atoms with E-state index in [-0.39, 0.29) is 46.7 Å². The molecule has 0 unspecified atom stereocenters. The molecule has 0 aliphatic carbocycles. The van der Waals surface area contributed by atoms with E-state index >= 15 is 0 Å². The first kappa shape index (κ1) is 12.0. The van der Waals surface area contributed by atoms with Gasteiger partial charge in [-0.15, -0.1) is 5.41 Å². The molecule has 1 radical (unpaired) electrons. The van der Waals surface area contributed by atoms with Gasteiger partial charge in [-0.05, 0) is 0 Å². The zero-order valence-electron chi connectivity index (χ0n) is 5.81. The minimum Gasteiger partial charge on any atom is -0.565 e. The molecule has 0 amide bonds. The average molecular weight is 242 g/mol. The summed E-state index contributed by atoms with van der Waals surface area (Å²) in [5.41, 5.74) is 0.0139. The molecule has 1 nitrogen and oxygen atoms in total. The van der Waals surface area contributed by atoms with Crippen LogP contribution in [0.5, 0.6) is 0 Å². The molecule has 0 fully saturated rings. The molecule has 1 N–H and O–H groups in total. The second-order valence-corrected chi connectivity index (χ2v) is 2.47. The van der Waals surface area contributed by atoms with Crippen LogP contribution in [0, 0.1) is 53.3 Å². The van der Waals surface area contributed by atoms with Crippen LogP contribution in [0.2, 0.25) is 0 Å². The van der Waals surface area contributed by atoms with E-state index in [4.69, 9.17) is 5.11 Å². The Morgan fingerprint density at radius 2 is 1.88 bits per heavy atom. The molecule has 0 bridgehead atoms. The van der Waals surface area contributed by atoms with Gasteiger partial charge in [-0.3, -0.25) is 0 Å². The summed E-state index contributed by atoms with van der Waals surface area (Å²) in [7, 11) is 0. The van der Waals surface area contributed by atoms with Gasteiger partial charge in [-0.1, -0.05) is 27.2 Å². The predicted octanol–water partition coefficient (Wildman–Crippen LogP) is 1.96. The van der Waals surface area contributed by atoms with Crippen molar-refractivity contribution in [2.75, 3.05) is 0 Å². The number of hydrogen-bond donors (Lipinski definition) is 1. The Bertz CT molecular complexity index is 46.5. The monoisotopic (exact) mass is 242 g/mol. The zero-order valence-corrected chi connectivity index (χ0v) is 9.51. The molecule has 8 heavy (non-hydrogen) atoms. The van der Waals surface area contributed by atoms with E-state index in [9.17, 15) is 0 Å². The van der Waals surface area contributed by atoms with Crippen LogP contribution in [0.1, 0.15) is 27.2 Å². The van der Waals surface area contributed by atoms with Crippen LogP contribution < -0.4 is 0 Å². The summed E-state index contributed by atoms with van der Waals surface area (Å²) in [6.07, 6.45) is 0.990. The van der Waals surface area contributed by atoms with E-state index in [1.165, 1.54) is 6.61 Å². The third kappa shape index (κ3) is 5.46. The molecule has 0 atom stereocenters. The van der Waals surface area contributed by atoms with Crippen molar-refractivity contribution in [3.63, 3.8) is 0 Å². The third-order valence-corrected chi connectivity index (χ3v) is 1.26. The van der Waals surface area contributed by atoms with Gasteiger partial charge in [0, 0.05) is 41.3 Å². The molecule has 0 aromatic rings. The molecule has 0 rings (SSSR count). The maximum absolute atomic E-state index is 8.47. The van der Waals surface area contributed by atoms with Crippen molar-refractivity contribution in [3.05, 3.63) is 6.61 Å². The Morgan fingerprint density at radius 1 is 1.50 bits per heavy atom. The van der Waals surface area contributed by atoms with E-state index in [1.54, 1.807) is 0 Å². The van der Waals surface area contributed by atoms with Gasteiger partial charge in [-0.2, -0.15) is 0 Å². The second-order valence-electron chi connectivity index (χ2n) is 2.47. The van der Waals surface area contributed by atoms with Gasteiger partial charge in [0.2, 0.25) is 0 Å². The quantitative estimate of drug-likeness (QED) is 0.734. The number of aliphatic hydroxyl groups excluding tert-OH is 1. The van der Waals surface area contributed by atoms with Crippen LogP contribution in [0.15, 0.2) is 0 Å². The fourth-order valence-corrected chi connectivity index (χ4v) is 0.0913. The zero-order chi connectivity index (χ0) is 5.91. The van der Waals surface area contributed by atoms with E-state index in [0.717, 1.165) is 6.42 Å².